The highest BCUT2D eigenvalue weighted by atomic mass is 35.5. The van der Waals surface area contributed by atoms with Gasteiger partial charge in [0, 0.05) is 12.1 Å². The Kier molecular flexibility index (Phi) is 10.3. The molecule has 0 unspecified atom stereocenters. The van der Waals surface area contributed by atoms with Gasteiger partial charge in [-0.05, 0) is 92.0 Å². The molecular weight excluding hydrogens is 547 g/mol. The third kappa shape index (κ3) is 8.16. The number of nitrogens with two attached hydrogens (primary N) is 1. The number of anilines is 1. The van der Waals surface area contributed by atoms with Gasteiger partial charge in [0.1, 0.15) is 11.6 Å². The van der Waals surface area contributed by atoms with E-state index in [-0.39, 0.29) is 52.2 Å². The molecule has 1 saturated heterocycles. The summed E-state index contributed by atoms with van der Waals surface area (Å²) in [6.07, 6.45) is 1.72. The summed E-state index contributed by atoms with van der Waals surface area (Å²) in [6.45, 7) is 2.31. The molecule has 1 heterocycles. The molecule has 0 atom stereocenters. The molecular formula is C27H30ClFN4O5S. The summed E-state index contributed by atoms with van der Waals surface area (Å²) < 4.78 is 48.0. The van der Waals surface area contributed by atoms with Crippen molar-refractivity contribution in [1.29, 1.82) is 0 Å². The Morgan fingerprint density at radius 3 is 2.41 bits per heavy atom. The summed E-state index contributed by atoms with van der Waals surface area (Å²) in [5.41, 5.74) is 5.91. The number of para-hydroxylation sites is 2. The second-order valence-corrected chi connectivity index (χ2v) is 10.7. The van der Waals surface area contributed by atoms with Crippen molar-refractivity contribution < 1.29 is 27.1 Å². The molecule has 0 radical (unpaired) electrons. The number of carbonyl (C=O) groups excluding carboxylic acids is 2. The second-order valence-electron chi connectivity index (χ2n) is 9.02. The van der Waals surface area contributed by atoms with Crippen LogP contribution in [0.3, 0.4) is 0 Å². The van der Waals surface area contributed by atoms with Crippen molar-refractivity contribution in [2.24, 2.45) is 11.7 Å². The van der Waals surface area contributed by atoms with Crippen molar-refractivity contribution in [2.75, 3.05) is 24.4 Å². The van der Waals surface area contributed by atoms with E-state index in [1.165, 1.54) is 48.5 Å². The second kappa shape index (κ2) is 13.4. The molecule has 1 aliphatic heterocycles. The molecule has 0 spiro atoms. The number of amides is 2. The fraction of sp³-hybridized carbons (Fsp3) is 0.259. The normalized spacial score (nSPS) is 13.7. The lowest BCUT2D eigenvalue weighted by atomic mass is 9.98. The number of carbonyl (C=O) groups is 2. The maximum atomic E-state index is 13.3. The van der Waals surface area contributed by atoms with Gasteiger partial charge in [-0.1, -0.05) is 12.1 Å². The number of sulfonamides is 1. The van der Waals surface area contributed by atoms with Gasteiger partial charge in [0.2, 0.25) is 11.8 Å². The van der Waals surface area contributed by atoms with Gasteiger partial charge in [-0.15, -0.1) is 12.4 Å². The highest BCUT2D eigenvalue weighted by Gasteiger charge is 2.21. The molecule has 9 nitrogen and oxygen atoms in total. The van der Waals surface area contributed by atoms with Gasteiger partial charge in [0.25, 0.3) is 10.0 Å². The number of hydrogen-bond donors (Lipinski definition) is 4. The van der Waals surface area contributed by atoms with Crippen LogP contribution in [0.25, 0.3) is 0 Å². The molecule has 1 fully saturated rings. The first-order chi connectivity index (χ1) is 18.2. The molecule has 3 aromatic carbocycles. The largest absolute Gasteiger partial charge is 0.455 e. The maximum Gasteiger partial charge on any atom is 0.262 e. The number of piperidine rings is 1. The Hall–Kier alpha value is -3.67. The molecule has 39 heavy (non-hydrogen) atoms. The molecule has 2 amide bonds. The molecule has 4 rings (SSSR count). The summed E-state index contributed by atoms with van der Waals surface area (Å²) in [5.74, 6) is -0.631. The third-order valence-electron chi connectivity index (χ3n) is 6.22. The molecule has 5 N–H and O–H groups in total. The summed E-state index contributed by atoms with van der Waals surface area (Å²) >= 11 is 0. The molecule has 0 saturated carbocycles. The van der Waals surface area contributed by atoms with Gasteiger partial charge in [-0.3, -0.25) is 14.3 Å². The third-order valence-corrected chi connectivity index (χ3v) is 7.59. The van der Waals surface area contributed by atoms with E-state index < -0.39 is 21.7 Å². The Morgan fingerprint density at radius 2 is 1.72 bits per heavy atom. The lowest BCUT2D eigenvalue weighted by molar-refractivity contribution is -0.120. The predicted octanol–water partition coefficient (Wildman–Crippen LogP) is 3.60. The van der Waals surface area contributed by atoms with Gasteiger partial charge in [-0.2, -0.15) is 0 Å². The standard InChI is InChI=1S/C27H29FN4O5S.ClH/c28-20-5-7-21(8-6-20)37-25-4-2-1-3-24(25)32-38(35,36)22-9-10-23(27(29)34)19(15-22)16-26(33)31-17-18-11-13-30-14-12-18;/h1-10,15,18,30,32H,11-14,16-17H2,(H2,29,34)(H,31,33);1H. The van der Waals surface area contributed by atoms with Crippen molar-refractivity contribution in [3.63, 3.8) is 0 Å². The first-order valence-electron chi connectivity index (χ1n) is 12.2. The summed E-state index contributed by atoms with van der Waals surface area (Å²) in [5, 5.41) is 6.14. The Balaban J connectivity index is 0.00000420. The maximum absolute atomic E-state index is 13.3. The van der Waals surface area contributed by atoms with Gasteiger partial charge in [0.15, 0.2) is 5.75 Å². The van der Waals surface area contributed by atoms with Crippen LogP contribution in [0.5, 0.6) is 11.5 Å². The van der Waals surface area contributed by atoms with Gasteiger partial charge in [-0.25, -0.2) is 12.8 Å². The molecule has 0 bridgehead atoms. The quantitative estimate of drug-likeness (QED) is 0.291. The zero-order valence-electron chi connectivity index (χ0n) is 21.0. The smallest absolute Gasteiger partial charge is 0.262 e. The van der Waals surface area contributed by atoms with Crippen LogP contribution in [0.15, 0.2) is 71.6 Å². The minimum Gasteiger partial charge on any atom is -0.455 e. The number of benzene rings is 3. The van der Waals surface area contributed by atoms with Crippen molar-refractivity contribution in [3.05, 3.63) is 83.7 Å². The van der Waals surface area contributed by atoms with Crippen LogP contribution in [0.1, 0.15) is 28.8 Å². The SMILES string of the molecule is Cl.NC(=O)c1ccc(S(=O)(=O)Nc2ccccc2Oc2ccc(F)cc2)cc1CC(=O)NCC1CCNCC1. The van der Waals surface area contributed by atoms with E-state index in [1.807, 2.05) is 0 Å². The van der Waals surface area contributed by atoms with Gasteiger partial charge >= 0.3 is 0 Å². The van der Waals surface area contributed by atoms with Crippen LogP contribution in [-0.4, -0.2) is 39.9 Å². The van der Waals surface area contributed by atoms with Crippen LogP contribution in [-0.2, 0) is 21.2 Å². The number of ether oxygens (including phenoxy) is 1. The first-order valence-corrected chi connectivity index (χ1v) is 13.6. The molecule has 208 valence electrons. The van der Waals surface area contributed by atoms with E-state index >= 15 is 0 Å². The molecule has 12 heteroatoms. The number of primary amides is 1. The average molecular weight is 577 g/mol. The van der Waals surface area contributed by atoms with E-state index in [2.05, 4.69) is 15.4 Å². The number of nitrogens with one attached hydrogen (secondary N) is 3. The molecule has 0 aromatic heterocycles. The first kappa shape index (κ1) is 29.9. The number of rotatable bonds is 10. The fourth-order valence-corrected chi connectivity index (χ4v) is 5.30. The Morgan fingerprint density at radius 1 is 1.03 bits per heavy atom. The van der Waals surface area contributed by atoms with E-state index in [4.69, 9.17) is 10.5 Å². The van der Waals surface area contributed by atoms with E-state index in [9.17, 15) is 22.4 Å². The lowest BCUT2D eigenvalue weighted by Crippen LogP contribution is -2.36. The van der Waals surface area contributed by atoms with E-state index in [0.717, 1.165) is 25.9 Å². The zero-order valence-corrected chi connectivity index (χ0v) is 22.6. The predicted molar refractivity (Wildman–Crippen MR) is 148 cm³/mol. The van der Waals surface area contributed by atoms with Crippen molar-refractivity contribution in [2.45, 2.75) is 24.2 Å². The summed E-state index contributed by atoms with van der Waals surface area (Å²) in [7, 11) is -4.15. The average Bonchev–Trinajstić information content (AvgIpc) is 2.90. The fourth-order valence-electron chi connectivity index (χ4n) is 4.18. The van der Waals surface area contributed by atoms with Gasteiger partial charge in [0.05, 0.1) is 17.0 Å². The monoisotopic (exact) mass is 576 g/mol. The van der Waals surface area contributed by atoms with Gasteiger partial charge < -0.3 is 21.1 Å². The van der Waals surface area contributed by atoms with Crippen molar-refractivity contribution >= 4 is 39.9 Å². The van der Waals surface area contributed by atoms with Crippen LogP contribution in [0.2, 0.25) is 0 Å². The Labute approximate surface area is 232 Å². The summed E-state index contributed by atoms with van der Waals surface area (Å²) in [6, 6.07) is 15.5. The number of hydrogen-bond acceptors (Lipinski definition) is 6. The molecule has 0 aliphatic carbocycles. The zero-order chi connectivity index (χ0) is 27.1. The van der Waals surface area contributed by atoms with Crippen LogP contribution in [0.4, 0.5) is 10.1 Å². The topological polar surface area (TPSA) is 140 Å². The lowest BCUT2D eigenvalue weighted by Gasteiger charge is -2.22. The minimum absolute atomic E-state index is 0. The van der Waals surface area contributed by atoms with Crippen LogP contribution < -0.4 is 25.8 Å². The van der Waals surface area contributed by atoms with Crippen molar-refractivity contribution in [1.82, 2.24) is 10.6 Å². The van der Waals surface area contributed by atoms with Crippen LogP contribution >= 0.6 is 12.4 Å². The van der Waals surface area contributed by atoms with Crippen molar-refractivity contribution in [3.8, 4) is 11.5 Å². The van der Waals surface area contributed by atoms with Crippen LogP contribution in [0, 0.1) is 11.7 Å². The highest BCUT2D eigenvalue weighted by Crippen LogP contribution is 2.31. The summed E-state index contributed by atoms with van der Waals surface area (Å²) in [4.78, 5) is 24.5. The molecule has 3 aromatic rings. The number of halogens is 2. The Bertz CT molecular complexity index is 1410. The molecule has 1 aliphatic rings. The highest BCUT2D eigenvalue weighted by molar-refractivity contribution is 7.92. The van der Waals surface area contributed by atoms with E-state index in [0.29, 0.717) is 18.2 Å². The minimum atomic E-state index is -4.15. The van der Waals surface area contributed by atoms with E-state index in [1.54, 1.807) is 18.2 Å².